The van der Waals surface area contributed by atoms with E-state index in [9.17, 15) is 4.79 Å². The lowest BCUT2D eigenvalue weighted by molar-refractivity contribution is 0.0698. The van der Waals surface area contributed by atoms with Crippen molar-refractivity contribution >= 4 is 11.5 Å². The minimum absolute atomic E-state index is 0.126. The van der Waals surface area contributed by atoms with Crippen LogP contribution in [0.1, 0.15) is 37.0 Å². The molecule has 1 N–H and O–H groups in total. The molecule has 0 atom stereocenters. The zero-order chi connectivity index (χ0) is 12.6. The molecule has 0 saturated heterocycles. The van der Waals surface area contributed by atoms with Gasteiger partial charge in [0, 0.05) is 12.6 Å². The van der Waals surface area contributed by atoms with Crippen molar-refractivity contribution in [1.82, 2.24) is 9.38 Å². The number of carboxylic acid groups (broad SMARTS) is 1. The second-order valence-corrected chi connectivity index (χ2v) is 5.39. The molecule has 0 radical (unpaired) electrons. The summed E-state index contributed by atoms with van der Waals surface area (Å²) in [7, 11) is 0. The Labute approximate surface area is 99.9 Å². The molecule has 0 amide bonds. The predicted molar refractivity (Wildman–Crippen MR) is 65.3 cm³/mol. The van der Waals surface area contributed by atoms with Crippen LogP contribution in [0.15, 0.2) is 24.5 Å². The van der Waals surface area contributed by atoms with Gasteiger partial charge in [-0.3, -0.25) is 0 Å². The molecule has 2 heterocycles. The van der Waals surface area contributed by atoms with Crippen LogP contribution in [-0.4, -0.2) is 20.5 Å². The van der Waals surface area contributed by atoms with Crippen LogP contribution in [0.5, 0.6) is 0 Å². The minimum atomic E-state index is -0.919. The van der Waals surface area contributed by atoms with Gasteiger partial charge in [-0.2, -0.15) is 0 Å². The number of hydrogen-bond donors (Lipinski definition) is 1. The number of carbonyl (C=O) groups is 1. The van der Waals surface area contributed by atoms with E-state index in [1.807, 2.05) is 10.6 Å². The van der Waals surface area contributed by atoms with Crippen molar-refractivity contribution in [2.45, 2.75) is 27.2 Å². The highest BCUT2D eigenvalue weighted by atomic mass is 16.4. The first-order chi connectivity index (χ1) is 7.88. The molecule has 0 aliphatic heterocycles. The Morgan fingerprint density at radius 1 is 1.47 bits per heavy atom. The fraction of sp³-hybridized carbons (Fsp3) is 0.385. The van der Waals surface area contributed by atoms with Crippen LogP contribution in [-0.2, 0) is 6.42 Å². The van der Waals surface area contributed by atoms with Crippen LogP contribution in [0.3, 0.4) is 0 Å². The van der Waals surface area contributed by atoms with Crippen molar-refractivity contribution in [2.24, 2.45) is 5.41 Å². The van der Waals surface area contributed by atoms with Gasteiger partial charge in [-0.25, -0.2) is 9.78 Å². The summed E-state index contributed by atoms with van der Waals surface area (Å²) in [6.45, 7) is 6.40. The molecule has 4 heteroatoms. The van der Waals surface area contributed by atoms with Gasteiger partial charge in [0.05, 0.1) is 17.3 Å². The SMILES string of the molecule is CC(C)(C)Cc1ncc2c(C(=O)O)cccn12. The fourth-order valence-corrected chi connectivity index (χ4v) is 1.86. The highest BCUT2D eigenvalue weighted by Crippen LogP contribution is 2.21. The first-order valence-corrected chi connectivity index (χ1v) is 5.57. The number of pyridine rings is 1. The molecular formula is C13H16N2O2. The molecule has 0 aliphatic rings. The van der Waals surface area contributed by atoms with Crippen LogP contribution in [0.2, 0.25) is 0 Å². The third-order valence-corrected chi connectivity index (χ3v) is 2.57. The van der Waals surface area contributed by atoms with Crippen molar-refractivity contribution < 1.29 is 9.90 Å². The summed E-state index contributed by atoms with van der Waals surface area (Å²) in [4.78, 5) is 15.4. The van der Waals surface area contributed by atoms with Crippen molar-refractivity contribution in [3.05, 3.63) is 35.9 Å². The molecule has 17 heavy (non-hydrogen) atoms. The number of aromatic nitrogens is 2. The average Bonchev–Trinajstić information content (AvgIpc) is 2.59. The summed E-state index contributed by atoms with van der Waals surface area (Å²) in [5, 5.41) is 9.08. The normalized spacial score (nSPS) is 11.9. The first kappa shape index (κ1) is 11.6. The van der Waals surface area contributed by atoms with Crippen molar-refractivity contribution in [3.8, 4) is 0 Å². The van der Waals surface area contributed by atoms with Crippen molar-refractivity contribution in [3.63, 3.8) is 0 Å². The fourth-order valence-electron chi connectivity index (χ4n) is 1.86. The Morgan fingerprint density at radius 3 is 2.76 bits per heavy atom. The highest BCUT2D eigenvalue weighted by molar-refractivity contribution is 5.95. The molecule has 0 bridgehead atoms. The van der Waals surface area contributed by atoms with Gasteiger partial charge in [0.25, 0.3) is 0 Å². The molecule has 0 unspecified atom stereocenters. The van der Waals surface area contributed by atoms with Gasteiger partial charge in [-0.05, 0) is 17.5 Å². The van der Waals surface area contributed by atoms with E-state index in [1.54, 1.807) is 18.3 Å². The van der Waals surface area contributed by atoms with E-state index < -0.39 is 5.97 Å². The van der Waals surface area contributed by atoms with Gasteiger partial charge in [-0.1, -0.05) is 20.8 Å². The summed E-state index contributed by atoms with van der Waals surface area (Å²) in [6.07, 6.45) is 4.30. The Bertz CT molecular complexity index is 564. The molecule has 0 fully saturated rings. The van der Waals surface area contributed by atoms with Crippen LogP contribution in [0.4, 0.5) is 0 Å². The second-order valence-electron chi connectivity index (χ2n) is 5.39. The van der Waals surface area contributed by atoms with Crippen molar-refractivity contribution in [1.29, 1.82) is 0 Å². The van der Waals surface area contributed by atoms with Crippen LogP contribution < -0.4 is 0 Å². The van der Waals surface area contributed by atoms with Crippen LogP contribution in [0, 0.1) is 5.41 Å². The molecule has 0 saturated carbocycles. The third-order valence-electron chi connectivity index (χ3n) is 2.57. The quantitative estimate of drug-likeness (QED) is 0.866. The van der Waals surface area contributed by atoms with Gasteiger partial charge in [0.2, 0.25) is 0 Å². The number of aromatic carboxylic acids is 1. The van der Waals surface area contributed by atoms with E-state index in [0.29, 0.717) is 11.1 Å². The lowest BCUT2D eigenvalue weighted by Gasteiger charge is -2.16. The summed E-state index contributed by atoms with van der Waals surface area (Å²) >= 11 is 0. The average molecular weight is 232 g/mol. The molecular weight excluding hydrogens is 216 g/mol. The smallest absolute Gasteiger partial charge is 0.337 e. The zero-order valence-corrected chi connectivity index (χ0v) is 10.3. The van der Waals surface area contributed by atoms with Crippen LogP contribution in [0.25, 0.3) is 5.52 Å². The highest BCUT2D eigenvalue weighted by Gasteiger charge is 2.17. The lowest BCUT2D eigenvalue weighted by atomic mass is 9.92. The van der Waals surface area contributed by atoms with Crippen LogP contribution >= 0.6 is 0 Å². The lowest BCUT2D eigenvalue weighted by Crippen LogP contribution is -2.12. The predicted octanol–water partition coefficient (Wildman–Crippen LogP) is 2.62. The van der Waals surface area contributed by atoms with E-state index in [-0.39, 0.29) is 5.41 Å². The van der Waals surface area contributed by atoms with Gasteiger partial charge < -0.3 is 9.51 Å². The summed E-state index contributed by atoms with van der Waals surface area (Å²) in [6, 6.07) is 3.34. The molecule has 0 spiro atoms. The van der Waals surface area contributed by atoms with Gasteiger partial charge >= 0.3 is 5.97 Å². The minimum Gasteiger partial charge on any atom is -0.478 e. The number of nitrogens with zero attached hydrogens (tertiary/aromatic N) is 2. The van der Waals surface area contributed by atoms with E-state index in [1.165, 1.54) is 0 Å². The molecule has 0 aromatic carbocycles. The first-order valence-electron chi connectivity index (χ1n) is 5.57. The number of carboxylic acids is 1. The number of hydrogen-bond acceptors (Lipinski definition) is 2. The Hall–Kier alpha value is -1.84. The van der Waals surface area contributed by atoms with E-state index >= 15 is 0 Å². The molecule has 4 nitrogen and oxygen atoms in total. The topological polar surface area (TPSA) is 54.6 Å². The number of imidazole rings is 1. The van der Waals surface area contributed by atoms with Gasteiger partial charge in [-0.15, -0.1) is 0 Å². The molecule has 2 aromatic rings. The Balaban J connectivity index is 2.55. The Morgan fingerprint density at radius 2 is 2.18 bits per heavy atom. The van der Waals surface area contributed by atoms with E-state index in [4.69, 9.17) is 5.11 Å². The summed E-state index contributed by atoms with van der Waals surface area (Å²) in [5.41, 5.74) is 1.07. The van der Waals surface area contributed by atoms with Crippen molar-refractivity contribution in [2.75, 3.05) is 0 Å². The number of fused-ring (bicyclic) bond motifs is 1. The maximum Gasteiger partial charge on any atom is 0.337 e. The Kier molecular flexibility index (Phi) is 2.65. The maximum absolute atomic E-state index is 11.1. The molecule has 90 valence electrons. The summed E-state index contributed by atoms with van der Waals surface area (Å²) < 4.78 is 1.86. The standard InChI is InChI=1S/C13H16N2O2/c1-13(2,3)7-11-14-8-10-9(12(16)17)5-4-6-15(10)11/h4-6,8H,7H2,1-3H3,(H,16,17). The number of rotatable bonds is 2. The van der Waals surface area contributed by atoms with E-state index in [2.05, 4.69) is 25.8 Å². The zero-order valence-electron chi connectivity index (χ0n) is 10.3. The monoisotopic (exact) mass is 232 g/mol. The largest absolute Gasteiger partial charge is 0.478 e. The maximum atomic E-state index is 11.1. The summed E-state index contributed by atoms with van der Waals surface area (Å²) in [5.74, 6) is -0.0200. The van der Waals surface area contributed by atoms with E-state index in [0.717, 1.165) is 12.2 Å². The van der Waals surface area contributed by atoms with Gasteiger partial charge in [0.1, 0.15) is 5.82 Å². The second kappa shape index (κ2) is 3.87. The molecule has 0 aliphatic carbocycles. The third kappa shape index (κ3) is 2.30. The molecule has 2 aromatic heterocycles. The molecule has 2 rings (SSSR count). The van der Waals surface area contributed by atoms with Gasteiger partial charge in [0.15, 0.2) is 0 Å².